The number of fused-ring (bicyclic) bond motifs is 15. The molecule has 0 N–H and O–H groups in total. The van der Waals surface area contributed by atoms with Crippen LogP contribution < -0.4 is 0 Å². The van der Waals surface area contributed by atoms with Crippen molar-refractivity contribution in [2.24, 2.45) is 0 Å². The van der Waals surface area contributed by atoms with Gasteiger partial charge in [-0.05, 0) is 76.9 Å². The summed E-state index contributed by atoms with van der Waals surface area (Å²) in [5.41, 5.74) is 16.1. The van der Waals surface area contributed by atoms with Crippen LogP contribution in [0.1, 0.15) is 25.0 Å². The molecule has 0 saturated heterocycles. The largest absolute Gasteiger partial charge is 0.309 e. The van der Waals surface area contributed by atoms with Crippen molar-refractivity contribution >= 4 is 65.4 Å². The molecule has 11 aromatic rings. The van der Waals surface area contributed by atoms with Crippen LogP contribution in [0.2, 0.25) is 0 Å². The van der Waals surface area contributed by atoms with E-state index in [2.05, 4.69) is 203 Å². The van der Waals surface area contributed by atoms with E-state index in [1.165, 1.54) is 93.4 Å². The summed E-state index contributed by atoms with van der Waals surface area (Å²) in [6.07, 6.45) is 0. The molecular weight excluding hydrogens is 655 g/mol. The number of aromatic nitrogens is 3. The Kier molecular flexibility index (Phi) is 5.84. The van der Waals surface area contributed by atoms with Gasteiger partial charge in [0, 0.05) is 54.8 Å². The Morgan fingerprint density at radius 3 is 1.37 bits per heavy atom. The molecule has 3 heterocycles. The second-order valence-corrected chi connectivity index (χ2v) is 15.3. The smallest absolute Gasteiger partial charge is 0.0810 e. The lowest BCUT2D eigenvalue weighted by Gasteiger charge is -2.22. The van der Waals surface area contributed by atoms with Crippen molar-refractivity contribution < 1.29 is 0 Å². The molecule has 0 atom stereocenters. The molecule has 1 aliphatic carbocycles. The Balaban J connectivity index is 1.37. The summed E-state index contributed by atoms with van der Waals surface area (Å²) in [4.78, 5) is 0. The van der Waals surface area contributed by atoms with Crippen molar-refractivity contribution in [1.29, 1.82) is 0 Å². The molecule has 0 aliphatic heterocycles. The van der Waals surface area contributed by atoms with E-state index in [9.17, 15) is 0 Å². The molecule has 54 heavy (non-hydrogen) atoms. The van der Waals surface area contributed by atoms with E-state index in [-0.39, 0.29) is 5.41 Å². The average molecular weight is 690 g/mol. The van der Waals surface area contributed by atoms with Gasteiger partial charge in [0.25, 0.3) is 0 Å². The third-order valence-electron chi connectivity index (χ3n) is 12.2. The van der Waals surface area contributed by atoms with Crippen LogP contribution in [0.3, 0.4) is 0 Å². The predicted molar refractivity (Wildman–Crippen MR) is 227 cm³/mol. The number of nitrogens with zero attached hydrogens (tertiary/aromatic N) is 3. The monoisotopic (exact) mass is 689 g/mol. The fraction of sp³-hybridized carbons (Fsp3) is 0.0588. The number of benzene rings is 8. The first-order valence-electron chi connectivity index (χ1n) is 18.9. The highest BCUT2D eigenvalue weighted by molar-refractivity contribution is 6.40. The lowest BCUT2D eigenvalue weighted by Crippen LogP contribution is -2.15. The first-order valence-corrected chi connectivity index (χ1v) is 18.9. The first kappa shape index (κ1) is 29.7. The molecule has 3 nitrogen and oxygen atoms in total. The molecule has 12 rings (SSSR count). The van der Waals surface area contributed by atoms with Gasteiger partial charge in [0.05, 0.1) is 33.1 Å². The number of hydrogen-bond donors (Lipinski definition) is 0. The molecule has 0 amide bonds. The fourth-order valence-corrected chi connectivity index (χ4v) is 9.94. The number of para-hydroxylation sites is 5. The van der Waals surface area contributed by atoms with Gasteiger partial charge < -0.3 is 13.7 Å². The Bertz CT molecular complexity index is 3340. The summed E-state index contributed by atoms with van der Waals surface area (Å²) >= 11 is 0. The summed E-state index contributed by atoms with van der Waals surface area (Å²) in [7, 11) is 0. The standard InChI is InChI=1S/C51H35N3/c1-51(2)40-25-13-9-21-35(40)36-30-29-34(31-41(36)51)54-43-27-15-11-23-38(43)46-45-37-22-10-14-26-42(37)52(32-17-5-3-6-18-32)48(45)47-39-24-12-16-28-44(39)53(50(47)49(46)54)33-19-7-4-8-20-33/h3-31H,1-2H3. The maximum absolute atomic E-state index is 2.57. The minimum atomic E-state index is -0.120. The quantitative estimate of drug-likeness (QED) is 0.175. The Morgan fingerprint density at radius 1 is 0.333 bits per heavy atom. The van der Waals surface area contributed by atoms with Crippen LogP contribution in [-0.2, 0) is 5.41 Å². The molecular formula is C51H35N3. The summed E-state index contributed by atoms with van der Waals surface area (Å²) in [5.74, 6) is 0. The van der Waals surface area contributed by atoms with E-state index in [1.54, 1.807) is 0 Å². The third kappa shape index (κ3) is 3.71. The lowest BCUT2D eigenvalue weighted by molar-refractivity contribution is 0.660. The minimum Gasteiger partial charge on any atom is -0.309 e. The molecule has 0 saturated carbocycles. The minimum absolute atomic E-state index is 0.120. The van der Waals surface area contributed by atoms with Crippen LogP contribution in [-0.4, -0.2) is 13.7 Å². The molecule has 3 aromatic heterocycles. The van der Waals surface area contributed by atoms with Crippen molar-refractivity contribution in [3.63, 3.8) is 0 Å². The zero-order chi connectivity index (χ0) is 35.7. The van der Waals surface area contributed by atoms with Gasteiger partial charge in [0.1, 0.15) is 0 Å². The lowest BCUT2D eigenvalue weighted by atomic mass is 9.82. The maximum Gasteiger partial charge on any atom is 0.0810 e. The molecule has 254 valence electrons. The second-order valence-electron chi connectivity index (χ2n) is 15.3. The molecule has 1 aliphatic rings. The molecule has 0 spiro atoms. The van der Waals surface area contributed by atoms with Gasteiger partial charge in [0.15, 0.2) is 0 Å². The summed E-state index contributed by atoms with van der Waals surface area (Å²) < 4.78 is 7.59. The van der Waals surface area contributed by atoms with Gasteiger partial charge in [-0.2, -0.15) is 0 Å². The van der Waals surface area contributed by atoms with Crippen LogP contribution in [0, 0.1) is 0 Å². The van der Waals surface area contributed by atoms with Crippen molar-refractivity contribution in [1.82, 2.24) is 13.7 Å². The van der Waals surface area contributed by atoms with Crippen molar-refractivity contribution in [2.75, 3.05) is 0 Å². The van der Waals surface area contributed by atoms with Crippen LogP contribution >= 0.6 is 0 Å². The maximum atomic E-state index is 2.57. The van der Waals surface area contributed by atoms with E-state index < -0.39 is 0 Å². The topological polar surface area (TPSA) is 14.8 Å². The molecule has 0 unspecified atom stereocenters. The molecule has 3 heteroatoms. The highest BCUT2D eigenvalue weighted by Crippen LogP contribution is 2.52. The van der Waals surface area contributed by atoms with E-state index in [0.717, 1.165) is 11.4 Å². The van der Waals surface area contributed by atoms with Crippen molar-refractivity contribution in [3.05, 3.63) is 187 Å². The SMILES string of the molecule is CC1(C)c2ccccc2-c2ccc(-n3c4ccccc4c4c5c6ccccc6n(-c6ccccc6)c5c5c6ccccc6n(-c6ccccc6)c5c43)cc21. The van der Waals surface area contributed by atoms with Crippen LogP contribution in [0.25, 0.3) is 93.6 Å². The molecule has 0 radical (unpaired) electrons. The Morgan fingerprint density at radius 2 is 0.759 bits per heavy atom. The Hall–Kier alpha value is -6.84. The zero-order valence-electron chi connectivity index (χ0n) is 30.1. The summed E-state index contributed by atoms with van der Waals surface area (Å²) in [6.45, 7) is 4.75. The van der Waals surface area contributed by atoms with Gasteiger partial charge in [0.2, 0.25) is 0 Å². The normalized spacial score (nSPS) is 13.5. The van der Waals surface area contributed by atoms with Gasteiger partial charge in [-0.3, -0.25) is 0 Å². The van der Waals surface area contributed by atoms with E-state index >= 15 is 0 Å². The molecule has 0 bridgehead atoms. The van der Waals surface area contributed by atoms with Gasteiger partial charge in [-0.25, -0.2) is 0 Å². The average Bonchev–Trinajstić information content (AvgIpc) is 3.92. The predicted octanol–water partition coefficient (Wildman–Crippen LogP) is 13.3. The van der Waals surface area contributed by atoms with Gasteiger partial charge in [-0.1, -0.05) is 135 Å². The summed E-state index contributed by atoms with van der Waals surface area (Å²) in [6, 6.07) is 64.9. The van der Waals surface area contributed by atoms with E-state index in [4.69, 9.17) is 0 Å². The van der Waals surface area contributed by atoms with Gasteiger partial charge >= 0.3 is 0 Å². The Labute approximate surface area is 312 Å². The van der Waals surface area contributed by atoms with Crippen LogP contribution in [0.15, 0.2) is 176 Å². The zero-order valence-corrected chi connectivity index (χ0v) is 30.1. The van der Waals surface area contributed by atoms with Gasteiger partial charge in [-0.15, -0.1) is 0 Å². The third-order valence-corrected chi connectivity index (χ3v) is 12.2. The molecule has 0 fully saturated rings. The van der Waals surface area contributed by atoms with E-state index in [0.29, 0.717) is 0 Å². The highest BCUT2D eigenvalue weighted by atomic mass is 15.1. The summed E-state index contributed by atoms with van der Waals surface area (Å²) in [5, 5.41) is 7.58. The van der Waals surface area contributed by atoms with E-state index in [1.807, 2.05) is 0 Å². The van der Waals surface area contributed by atoms with Crippen molar-refractivity contribution in [3.8, 4) is 28.2 Å². The molecule has 8 aromatic carbocycles. The number of rotatable bonds is 3. The number of hydrogen-bond acceptors (Lipinski definition) is 0. The van der Waals surface area contributed by atoms with Crippen LogP contribution in [0.4, 0.5) is 0 Å². The highest BCUT2D eigenvalue weighted by Gasteiger charge is 2.36. The van der Waals surface area contributed by atoms with Crippen LogP contribution in [0.5, 0.6) is 0 Å². The first-order chi connectivity index (χ1) is 26.6. The van der Waals surface area contributed by atoms with Crippen molar-refractivity contribution in [2.45, 2.75) is 19.3 Å². The fourth-order valence-electron chi connectivity index (χ4n) is 9.94. The second kappa shape index (κ2) is 10.6.